The predicted octanol–water partition coefficient (Wildman–Crippen LogP) is 7.26. The standard InChI is InChI=1S/C17H14F6.C2H6/c1-10-3-5-12(9-13(7-10)16(18,19)20)14-6-4-11(2)8-15(14)17(21,22)23;1-2/h3-8H,9H2,1-2H3;1-2H3. The molecular weight excluding hydrogens is 342 g/mol. The van der Waals surface area contributed by atoms with Crippen molar-refractivity contribution in [3.63, 3.8) is 0 Å². The van der Waals surface area contributed by atoms with Gasteiger partial charge < -0.3 is 0 Å². The number of benzene rings is 1. The van der Waals surface area contributed by atoms with E-state index in [1.54, 1.807) is 0 Å². The number of aryl methyl sites for hydroxylation is 1. The molecule has 138 valence electrons. The van der Waals surface area contributed by atoms with Crippen molar-refractivity contribution in [1.29, 1.82) is 0 Å². The zero-order chi connectivity index (χ0) is 19.4. The van der Waals surface area contributed by atoms with E-state index in [9.17, 15) is 26.3 Å². The molecule has 0 fully saturated rings. The van der Waals surface area contributed by atoms with Crippen molar-refractivity contribution < 1.29 is 26.3 Å². The van der Waals surface area contributed by atoms with E-state index in [0.29, 0.717) is 11.1 Å². The van der Waals surface area contributed by atoms with Crippen molar-refractivity contribution in [2.75, 3.05) is 0 Å². The Morgan fingerprint density at radius 2 is 1.44 bits per heavy atom. The first-order chi connectivity index (χ1) is 11.5. The van der Waals surface area contributed by atoms with Gasteiger partial charge in [0.05, 0.1) is 5.56 Å². The van der Waals surface area contributed by atoms with Crippen molar-refractivity contribution in [1.82, 2.24) is 0 Å². The van der Waals surface area contributed by atoms with Crippen LogP contribution in [0.5, 0.6) is 0 Å². The monoisotopic (exact) mass is 362 g/mol. The third kappa shape index (κ3) is 5.51. The van der Waals surface area contributed by atoms with Gasteiger partial charge in [-0.1, -0.05) is 55.3 Å². The van der Waals surface area contributed by atoms with Crippen molar-refractivity contribution in [3.8, 4) is 0 Å². The molecule has 2 rings (SSSR count). The fourth-order valence-corrected chi connectivity index (χ4v) is 2.41. The second-order valence-electron chi connectivity index (χ2n) is 5.49. The molecule has 1 aliphatic carbocycles. The van der Waals surface area contributed by atoms with Gasteiger partial charge in [0.2, 0.25) is 0 Å². The maximum atomic E-state index is 13.2. The van der Waals surface area contributed by atoms with Crippen molar-refractivity contribution >= 4 is 5.57 Å². The van der Waals surface area contributed by atoms with Crippen LogP contribution in [0.4, 0.5) is 26.3 Å². The lowest BCUT2D eigenvalue weighted by Crippen LogP contribution is -2.14. The van der Waals surface area contributed by atoms with Gasteiger partial charge in [0.25, 0.3) is 0 Å². The number of alkyl halides is 6. The lowest BCUT2D eigenvalue weighted by Gasteiger charge is -2.18. The SMILES string of the molecule is CC.CC1=CC=C(c2ccc(C)cc2C(F)(F)F)CC(C(F)(F)F)=C1. The summed E-state index contributed by atoms with van der Waals surface area (Å²) in [6, 6.07) is 3.64. The molecule has 0 unspecified atom stereocenters. The molecule has 0 heterocycles. The molecule has 1 aliphatic rings. The minimum absolute atomic E-state index is 0.00208. The quantitative estimate of drug-likeness (QED) is 0.461. The summed E-state index contributed by atoms with van der Waals surface area (Å²) in [5.74, 6) is 0. The zero-order valence-corrected chi connectivity index (χ0v) is 14.4. The number of rotatable bonds is 1. The number of hydrogen-bond donors (Lipinski definition) is 0. The maximum Gasteiger partial charge on any atom is 0.417 e. The molecule has 1 aromatic carbocycles. The molecule has 25 heavy (non-hydrogen) atoms. The average molecular weight is 362 g/mol. The molecule has 0 atom stereocenters. The summed E-state index contributed by atoms with van der Waals surface area (Å²) >= 11 is 0. The molecule has 0 aromatic heterocycles. The van der Waals surface area contributed by atoms with Gasteiger partial charge >= 0.3 is 12.4 Å². The van der Waals surface area contributed by atoms with E-state index < -0.39 is 29.9 Å². The van der Waals surface area contributed by atoms with Gasteiger partial charge in [-0.3, -0.25) is 0 Å². The largest absolute Gasteiger partial charge is 0.417 e. The summed E-state index contributed by atoms with van der Waals surface area (Å²) in [4.78, 5) is 0. The summed E-state index contributed by atoms with van der Waals surface area (Å²) in [6.45, 7) is 6.98. The Balaban J connectivity index is 0.00000151. The Hall–Kier alpha value is -1.98. The summed E-state index contributed by atoms with van der Waals surface area (Å²) in [7, 11) is 0. The van der Waals surface area contributed by atoms with E-state index in [1.807, 2.05) is 13.8 Å². The molecule has 0 saturated heterocycles. The van der Waals surface area contributed by atoms with E-state index in [1.165, 1.54) is 38.1 Å². The molecule has 0 bridgehead atoms. The van der Waals surface area contributed by atoms with Gasteiger partial charge in [-0.25, -0.2) is 0 Å². The second kappa shape index (κ2) is 7.93. The van der Waals surface area contributed by atoms with Crippen LogP contribution in [0.3, 0.4) is 0 Å². The molecule has 0 amide bonds. The molecule has 1 aromatic rings. The average Bonchev–Trinajstić information content (AvgIpc) is 2.70. The minimum Gasteiger partial charge on any atom is -0.166 e. The van der Waals surface area contributed by atoms with Gasteiger partial charge in [-0.2, -0.15) is 26.3 Å². The number of halogens is 6. The Labute approximate surface area is 143 Å². The molecule has 0 spiro atoms. The zero-order valence-electron chi connectivity index (χ0n) is 14.4. The fourth-order valence-electron chi connectivity index (χ4n) is 2.41. The van der Waals surface area contributed by atoms with E-state index >= 15 is 0 Å². The first-order valence-electron chi connectivity index (χ1n) is 7.82. The van der Waals surface area contributed by atoms with Gasteiger partial charge in [-0.05, 0) is 31.1 Å². The fraction of sp³-hybridized carbons (Fsp3) is 0.368. The third-order valence-corrected chi connectivity index (χ3v) is 3.52. The molecule has 0 nitrogen and oxygen atoms in total. The van der Waals surface area contributed by atoms with Crippen molar-refractivity contribution in [2.24, 2.45) is 0 Å². The molecule has 0 aliphatic heterocycles. The van der Waals surface area contributed by atoms with Gasteiger partial charge in [0, 0.05) is 12.0 Å². The van der Waals surface area contributed by atoms with Gasteiger partial charge in [0.15, 0.2) is 0 Å². The molecule has 0 N–H and O–H groups in total. The topological polar surface area (TPSA) is 0 Å². The Morgan fingerprint density at radius 3 is 1.96 bits per heavy atom. The molecular formula is C19H20F6. The van der Waals surface area contributed by atoms with Crippen LogP contribution in [0.2, 0.25) is 0 Å². The highest BCUT2D eigenvalue weighted by Crippen LogP contribution is 2.41. The number of hydrogen-bond acceptors (Lipinski definition) is 0. The van der Waals surface area contributed by atoms with E-state index in [0.717, 1.165) is 12.1 Å². The Kier molecular flexibility index (Phi) is 6.68. The van der Waals surface area contributed by atoms with Crippen LogP contribution >= 0.6 is 0 Å². The Bertz CT molecular complexity index is 700. The van der Waals surface area contributed by atoms with Crippen LogP contribution in [0.25, 0.3) is 5.57 Å². The smallest absolute Gasteiger partial charge is 0.166 e. The van der Waals surface area contributed by atoms with Crippen LogP contribution in [-0.2, 0) is 6.18 Å². The van der Waals surface area contributed by atoms with Crippen LogP contribution in [0.1, 0.15) is 43.9 Å². The molecule has 0 radical (unpaired) electrons. The summed E-state index contributed by atoms with van der Waals surface area (Å²) in [5.41, 5.74) is -1.26. The first-order valence-corrected chi connectivity index (χ1v) is 7.82. The summed E-state index contributed by atoms with van der Waals surface area (Å²) in [6.07, 6.45) is -6.12. The summed E-state index contributed by atoms with van der Waals surface area (Å²) < 4.78 is 78.8. The lowest BCUT2D eigenvalue weighted by atomic mass is 9.92. The summed E-state index contributed by atoms with van der Waals surface area (Å²) in [5, 5.41) is 0. The van der Waals surface area contributed by atoms with Crippen LogP contribution in [-0.4, -0.2) is 6.18 Å². The predicted molar refractivity (Wildman–Crippen MR) is 88.0 cm³/mol. The normalized spacial score (nSPS) is 15.4. The van der Waals surface area contributed by atoms with Crippen LogP contribution in [0.15, 0.2) is 47.6 Å². The second-order valence-corrected chi connectivity index (χ2v) is 5.49. The lowest BCUT2D eigenvalue weighted by molar-refractivity contribution is -0.137. The van der Waals surface area contributed by atoms with Crippen molar-refractivity contribution in [3.05, 3.63) is 64.3 Å². The van der Waals surface area contributed by atoms with E-state index in [4.69, 9.17) is 0 Å². The Morgan fingerprint density at radius 1 is 0.840 bits per heavy atom. The molecule has 6 heteroatoms. The van der Waals surface area contributed by atoms with Crippen molar-refractivity contribution in [2.45, 2.75) is 46.5 Å². The number of allylic oxidation sites excluding steroid dienone is 6. The van der Waals surface area contributed by atoms with Crippen LogP contribution in [0, 0.1) is 6.92 Å². The third-order valence-electron chi connectivity index (χ3n) is 3.52. The van der Waals surface area contributed by atoms with Gasteiger partial charge in [0.1, 0.15) is 0 Å². The van der Waals surface area contributed by atoms with Gasteiger partial charge in [-0.15, -0.1) is 0 Å². The highest BCUT2D eigenvalue weighted by atomic mass is 19.4. The van der Waals surface area contributed by atoms with E-state index in [-0.39, 0.29) is 11.1 Å². The molecule has 0 saturated carbocycles. The maximum absolute atomic E-state index is 13.2. The minimum atomic E-state index is -4.63. The highest BCUT2D eigenvalue weighted by Gasteiger charge is 2.37. The first kappa shape index (κ1) is 21.1. The van der Waals surface area contributed by atoms with E-state index in [2.05, 4.69) is 0 Å². The van der Waals surface area contributed by atoms with Crippen LogP contribution < -0.4 is 0 Å². The highest BCUT2D eigenvalue weighted by molar-refractivity contribution is 5.73.